The van der Waals surface area contributed by atoms with Crippen LogP contribution in [0.15, 0.2) is 35.4 Å². The third-order valence-electron chi connectivity index (χ3n) is 1.88. The molecule has 0 amide bonds. The maximum atomic E-state index is 11.2. The van der Waals surface area contributed by atoms with Crippen LogP contribution in [0.1, 0.15) is 0 Å². The Kier molecular flexibility index (Phi) is 3.12. The second-order valence-corrected chi connectivity index (χ2v) is 3.84. The summed E-state index contributed by atoms with van der Waals surface area (Å²) >= 11 is 11.6. The van der Waals surface area contributed by atoms with Crippen LogP contribution in [0.2, 0.25) is 10.0 Å². The van der Waals surface area contributed by atoms with Crippen molar-refractivity contribution in [2.24, 2.45) is 0 Å². The highest BCUT2D eigenvalue weighted by Gasteiger charge is 2.05. The number of nitrogens with zero attached hydrogens (tertiary/aromatic N) is 1. The molecule has 6 heteroatoms. The quantitative estimate of drug-likeness (QED) is 0.868. The summed E-state index contributed by atoms with van der Waals surface area (Å²) in [7, 11) is 0. The van der Waals surface area contributed by atoms with Crippen molar-refractivity contribution >= 4 is 34.7 Å². The Hall–Kier alpha value is -1.52. The standard InChI is InChI=1S/C10H7Cl2N3O/c11-6-2-1-3-7(4-6)15-9-8(12)10(16)14-5-13-9/h1-5H,(H2,13,14,15,16). The Labute approximate surface area is 101 Å². The minimum absolute atomic E-state index is 0.0162. The molecule has 0 aliphatic carbocycles. The van der Waals surface area contributed by atoms with Gasteiger partial charge in [-0.25, -0.2) is 4.98 Å². The number of H-pyrrole nitrogens is 1. The Bertz CT molecular complexity index is 568. The Morgan fingerprint density at radius 2 is 2.12 bits per heavy atom. The Balaban J connectivity index is 2.34. The van der Waals surface area contributed by atoms with E-state index in [-0.39, 0.29) is 10.6 Å². The summed E-state index contributed by atoms with van der Waals surface area (Å²) in [4.78, 5) is 17.5. The molecule has 0 saturated carbocycles. The molecule has 1 aromatic heterocycles. The van der Waals surface area contributed by atoms with Crippen molar-refractivity contribution < 1.29 is 0 Å². The topological polar surface area (TPSA) is 57.8 Å². The van der Waals surface area contributed by atoms with Crippen molar-refractivity contribution in [2.75, 3.05) is 5.32 Å². The third-order valence-corrected chi connectivity index (χ3v) is 2.47. The number of halogens is 2. The smallest absolute Gasteiger partial charge is 0.271 e. The van der Waals surface area contributed by atoms with E-state index in [9.17, 15) is 4.79 Å². The SMILES string of the molecule is O=c1[nH]cnc(Nc2cccc(Cl)c2)c1Cl. The maximum absolute atomic E-state index is 11.2. The lowest BCUT2D eigenvalue weighted by Gasteiger charge is -2.06. The average Bonchev–Trinajstić information content (AvgIpc) is 2.25. The molecule has 1 aromatic carbocycles. The Morgan fingerprint density at radius 3 is 2.88 bits per heavy atom. The van der Waals surface area contributed by atoms with Gasteiger partial charge >= 0.3 is 0 Å². The van der Waals surface area contributed by atoms with E-state index in [4.69, 9.17) is 23.2 Å². The van der Waals surface area contributed by atoms with E-state index in [0.717, 1.165) is 0 Å². The number of hydrogen-bond donors (Lipinski definition) is 2. The molecule has 0 unspecified atom stereocenters. The summed E-state index contributed by atoms with van der Waals surface area (Å²) in [6.07, 6.45) is 1.28. The lowest BCUT2D eigenvalue weighted by atomic mass is 10.3. The van der Waals surface area contributed by atoms with Gasteiger partial charge in [0.05, 0.1) is 6.33 Å². The predicted octanol–water partition coefficient (Wildman–Crippen LogP) is 2.82. The summed E-state index contributed by atoms with van der Waals surface area (Å²) in [5.74, 6) is 0.299. The zero-order valence-electron chi connectivity index (χ0n) is 8.00. The molecule has 0 fully saturated rings. The van der Waals surface area contributed by atoms with Crippen LogP contribution in [0.25, 0.3) is 0 Å². The Morgan fingerprint density at radius 1 is 1.31 bits per heavy atom. The zero-order valence-corrected chi connectivity index (χ0v) is 9.51. The highest BCUT2D eigenvalue weighted by molar-refractivity contribution is 6.33. The fourth-order valence-electron chi connectivity index (χ4n) is 1.17. The first-order valence-corrected chi connectivity index (χ1v) is 5.18. The number of nitrogens with one attached hydrogen (secondary N) is 2. The molecule has 0 radical (unpaired) electrons. The predicted molar refractivity (Wildman–Crippen MR) is 64.6 cm³/mol. The molecular formula is C10H7Cl2N3O. The zero-order chi connectivity index (χ0) is 11.5. The van der Waals surface area contributed by atoms with Crippen LogP contribution in [-0.2, 0) is 0 Å². The number of rotatable bonds is 2. The molecule has 0 aliphatic heterocycles. The highest BCUT2D eigenvalue weighted by Crippen LogP contribution is 2.21. The van der Waals surface area contributed by atoms with Gasteiger partial charge in [-0.15, -0.1) is 0 Å². The van der Waals surface area contributed by atoms with E-state index in [1.165, 1.54) is 6.33 Å². The summed E-state index contributed by atoms with van der Waals surface area (Å²) in [6, 6.07) is 7.04. The second-order valence-electron chi connectivity index (χ2n) is 3.03. The van der Waals surface area contributed by atoms with E-state index in [1.807, 2.05) is 0 Å². The van der Waals surface area contributed by atoms with Crippen molar-refractivity contribution in [3.8, 4) is 0 Å². The molecule has 16 heavy (non-hydrogen) atoms. The van der Waals surface area contributed by atoms with Gasteiger partial charge in [-0.05, 0) is 18.2 Å². The minimum atomic E-state index is -0.388. The van der Waals surface area contributed by atoms with Crippen LogP contribution in [0.5, 0.6) is 0 Å². The molecular weight excluding hydrogens is 249 g/mol. The first-order chi connectivity index (χ1) is 7.66. The number of aromatic nitrogens is 2. The van der Waals surface area contributed by atoms with Gasteiger partial charge in [0.2, 0.25) is 0 Å². The fourth-order valence-corrected chi connectivity index (χ4v) is 1.51. The minimum Gasteiger partial charge on any atom is -0.339 e. The molecule has 1 heterocycles. The molecule has 82 valence electrons. The van der Waals surface area contributed by atoms with Gasteiger partial charge in [0.15, 0.2) is 5.82 Å². The van der Waals surface area contributed by atoms with E-state index >= 15 is 0 Å². The summed E-state index contributed by atoms with van der Waals surface area (Å²) in [6.45, 7) is 0. The fraction of sp³-hybridized carbons (Fsp3) is 0. The van der Waals surface area contributed by atoms with E-state index in [2.05, 4.69) is 15.3 Å². The van der Waals surface area contributed by atoms with E-state index < -0.39 is 0 Å². The normalized spacial score (nSPS) is 10.1. The molecule has 0 bridgehead atoms. The van der Waals surface area contributed by atoms with Gasteiger partial charge < -0.3 is 10.3 Å². The highest BCUT2D eigenvalue weighted by atomic mass is 35.5. The van der Waals surface area contributed by atoms with Gasteiger partial charge in [-0.2, -0.15) is 0 Å². The van der Waals surface area contributed by atoms with Crippen molar-refractivity contribution in [3.63, 3.8) is 0 Å². The first-order valence-electron chi connectivity index (χ1n) is 4.42. The van der Waals surface area contributed by atoms with E-state index in [1.54, 1.807) is 24.3 Å². The summed E-state index contributed by atoms with van der Waals surface area (Å²) < 4.78 is 0. The van der Waals surface area contributed by atoms with Gasteiger partial charge in [-0.1, -0.05) is 29.3 Å². The summed E-state index contributed by atoms with van der Waals surface area (Å²) in [5, 5.41) is 3.51. The summed E-state index contributed by atoms with van der Waals surface area (Å²) in [5.41, 5.74) is 0.327. The molecule has 2 aromatic rings. The van der Waals surface area contributed by atoms with Crippen molar-refractivity contribution in [1.82, 2.24) is 9.97 Å². The monoisotopic (exact) mass is 255 g/mol. The van der Waals surface area contributed by atoms with Crippen molar-refractivity contribution in [3.05, 3.63) is 51.0 Å². The van der Waals surface area contributed by atoms with Crippen LogP contribution in [0, 0.1) is 0 Å². The van der Waals surface area contributed by atoms with Crippen LogP contribution < -0.4 is 10.9 Å². The molecule has 0 atom stereocenters. The largest absolute Gasteiger partial charge is 0.339 e. The number of anilines is 2. The van der Waals surface area contributed by atoms with E-state index in [0.29, 0.717) is 16.5 Å². The van der Waals surface area contributed by atoms with Crippen LogP contribution >= 0.6 is 23.2 Å². The average molecular weight is 256 g/mol. The second kappa shape index (κ2) is 4.55. The van der Waals surface area contributed by atoms with Crippen LogP contribution in [0.3, 0.4) is 0 Å². The number of hydrogen-bond acceptors (Lipinski definition) is 3. The van der Waals surface area contributed by atoms with Gasteiger partial charge in [0, 0.05) is 10.7 Å². The molecule has 0 spiro atoms. The van der Waals surface area contributed by atoms with Crippen molar-refractivity contribution in [1.29, 1.82) is 0 Å². The van der Waals surface area contributed by atoms with Crippen molar-refractivity contribution in [2.45, 2.75) is 0 Å². The number of aromatic amines is 1. The lowest BCUT2D eigenvalue weighted by Crippen LogP contribution is -2.09. The molecule has 0 saturated heterocycles. The van der Waals surface area contributed by atoms with Gasteiger partial charge in [-0.3, -0.25) is 4.79 Å². The van der Waals surface area contributed by atoms with Crippen LogP contribution in [-0.4, -0.2) is 9.97 Å². The molecule has 2 rings (SSSR count). The van der Waals surface area contributed by atoms with Gasteiger partial charge in [0.1, 0.15) is 5.02 Å². The molecule has 2 N–H and O–H groups in total. The number of benzene rings is 1. The third kappa shape index (κ3) is 2.35. The van der Waals surface area contributed by atoms with Crippen LogP contribution in [0.4, 0.5) is 11.5 Å². The molecule has 4 nitrogen and oxygen atoms in total. The first kappa shape index (κ1) is 11.0. The molecule has 0 aliphatic rings. The van der Waals surface area contributed by atoms with Gasteiger partial charge in [0.25, 0.3) is 5.56 Å². The maximum Gasteiger partial charge on any atom is 0.271 e. The lowest BCUT2D eigenvalue weighted by molar-refractivity contribution is 1.12.